The minimum absolute atomic E-state index is 0.00984. The van der Waals surface area contributed by atoms with Crippen LogP contribution in [0, 0.1) is 5.41 Å². The highest BCUT2D eigenvalue weighted by Crippen LogP contribution is 2.36. The van der Waals surface area contributed by atoms with E-state index in [-0.39, 0.29) is 11.5 Å². The number of aliphatic hydroxyl groups excluding tert-OH is 1. The fourth-order valence-corrected chi connectivity index (χ4v) is 2.46. The van der Waals surface area contributed by atoms with Crippen molar-refractivity contribution in [2.75, 3.05) is 6.61 Å². The predicted molar refractivity (Wildman–Crippen MR) is 74.0 cm³/mol. The molecule has 2 heteroatoms. The lowest BCUT2D eigenvalue weighted by atomic mass is 9.85. The van der Waals surface area contributed by atoms with Crippen molar-refractivity contribution in [2.45, 2.75) is 52.1 Å². The molecule has 0 saturated heterocycles. The molecule has 1 aliphatic heterocycles. The van der Waals surface area contributed by atoms with Gasteiger partial charge in [0.1, 0.15) is 5.75 Å². The summed E-state index contributed by atoms with van der Waals surface area (Å²) in [5.74, 6) is 1.55. The van der Waals surface area contributed by atoms with Crippen molar-refractivity contribution in [3.8, 4) is 5.75 Å². The van der Waals surface area contributed by atoms with Gasteiger partial charge in [0.25, 0.3) is 0 Å². The summed E-state index contributed by atoms with van der Waals surface area (Å²) in [5, 5.41) is 10.0. The van der Waals surface area contributed by atoms with E-state index in [0.717, 1.165) is 31.6 Å². The third-order valence-electron chi connectivity index (χ3n) is 3.83. The maximum Gasteiger partial charge on any atom is 0.122 e. The first-order valence-electron chi connectivity index (χ1n) is 6.88. The standard InChI is InChI=1S/C16H24O2/c1-16(2,3)15(17)10-6-7-12-11-18-14-9-5-4-8-13(12)14/h4-5,8-9,12,15,17H,6-7,10-11H2,1-3H3. The van der Waals surface area contributed by atoms with Gasteiger partial charge in [-0.25, -0.2) is 0 Å². The Morgan fingerprint density at radius 1 is 1.33 bits per heavy atom. The molecule has 2 atom stereocenters. The van der Waals surface area contributed by atoms with Crippen molar-refractivity contribution in [3.63, 3.8) is 0 Å². The van der Waals surface area contributed by atoms with Crippen LogP contribution in [0.5, 0.6) is 5.75 Å². The van der Waals surface area contributed by atoms with E-state index in [1.807, 2.05) is 12.1 Å². The first-order chi connectivity index (χ1) is 8.48. The van der Waals surface area contributed by atoms with E-state index < -0.39 is 0 Å². The number of rotatable bonds is 4. The molecule has 1 aliphatic rings. The summed E-state index contributed by atoms with van der Waals surface area (Å²) in [7, 11) is 0. The molecular formula is C16H24O2. The molecule has 2 rings (SSSR count). The van der Waals surface area contributed by atoms with E-state index in [2.05, 4.69) is 32.9 Å². The number of hydrogen-bond acceptors (Lipinski definition) is 2. The Kier molecular flexibility index (Phi) is 3.96. The van der Waals surface area contributed by atoms with Gasteiger partial charge in [-0.05, 0) is 24.3 Å². The normalized spacial score (nSPS) is 20.3. The van der Waals surface area contributed by atoms with Gasteiger partial charge in [-0.2, -0.15) is 0 Å². The van der Waals surface area contributed by atoms with Gasteiger partial charge in [-0.3, -0.25) is 0 Å². The first-order valence-corrected chi connectivity index (χ1v) is 6.88. The zero-order valence-electron chi connectivity index (χ0n) is 11.6. The SMILES string of the molecule is CC(C)(C)C(O)CCCC1COc2ccccc21. The minimum atomic E-state index is -0.213. The highest BCUT2D eigenvalue weighted by Gasteiger charge is 2.25. The Morgan fingerprint density at radius 2 is 2.06 bits per heavy atom. The smallest absolute Gasteiger partial charge is 0.122 e. The second kappa shape index (κ2) is 5.31. The van der Waals surface area contributed by atoms with Gasteiger partial charge < -0.3 is 9.84 Å². The van der Waals surface area contributed by atoms with E-state index in [0.29, 0.717) is 5.92 Å². The summed E-state index contributed by atoms with van der Waals surface area (Å²) in [6.07, 6.45) is 2.82. The van der Waals surface area contributed by atoms with E-state index in [1.54, 1.807) is 0 Å². The van der Waals surface area contributed by atoms with E-state index in [9.17, 15) is 5.11 Å². The van der Waals surface area contributed by atoms with Crippen molar-refractivity contribution in [3.05, 3.63) is 29.8 Å². The molecule has 0 amide bonds. The molecule has 1 aromatic rings. The van der Waals surface area contributed by atoms with E-state index in [4.69, 9.17) is 4.74 Å². The molecule has 100 valence electrons. The summed E-state index contributed by atoms with van der Waals surface area (Å²) >= 11 is 0. The monoisotopic (exact) mass is 248 g/mol. The highest BCUT2D eigenvalue weighted by atomic mass is 16.5. The van der Waals surface area contributed by atoms with Crippen LogP contribution in [-0.2, 0) is 0 Å². The average Bonchev–Trinajstić information content (AvgIpc) is 2.71. The Hall–Kier alpha value is -1.02. The lowest BCUT2D eigenvalue weighted by molar-refractivity contribution is 0.0529. The first kappa shape index (κ1) is 13.4. The molecule has 1 heterocycles. The maximum atomic E-state index is 10.0. The van der Waals surface area contributed by atoms with Crippen LogP contribution in [0.25, 0.3) is 0 Å². The zero-order chi connectivity index (χ0) is 13.2. The molecular weight excluding hydrogens is 224 g/mol. The summed E-state index contributed by atoms with van der Waals surface area (Å²) in [6.45, 7) is 7.06. The third-order valence-corrected chi connectivity index (χ3v) is 3.83. The molecule has 0 saturated carbocycles. The molecule has 0 fully saturated rings. The van der Waals surface area contributed by atoms with Gasteiger partial charge >= 0.3 is 0 Å². The predicted octanol–water partition coefficient (Wildman–Crippen LogP) is 3.74. The van der Waals surface area contributed by atoms with Crippen molar-refractivity contribution in [1.82, 2.24) is 0 Å². The lowest BCUT2D eigenvalue weighted by Crippen LogP contribution is -2.25. The number of ether oxygens (including phenoxy) is 1. The topological polar surface area (TPSA) is 29.5 Å². The minimum Gasteiger partial charge on any atom is -0.493 e. The van der Waals surface area contributed by atoms with Crippen LogP contribution >= 0.6 is 0 Å². The highest BCUT2D eigenvalue weighted by molar-refractivity contribution is 5.39. The molecule has 18 heavy (non-hydrogen) atoms. The van der Waals surface area contributed by atoms with Gasteiger partial charge in [-0.15, -0.1) is 0 Å². The second-order valence-corrected chi connectivity index (χ2v) is 6.36. The molecule has 0 radical (unpaired) electrons. The number of para-hydroxylation sites is 1. The molecule has 1 N–H and O–H groups in total. The Morgan fingerprint density at radius 3 is 2.78 bits per heavy atom. The van der Waals surface area contributed by atoms with Crippen molar-refractivity contribution in [2.24, 2.45) is 5.41 Å². The van der Waals surface area contributed by atoms with Gasteiger partial charge in [0.15, 0.2) is 0 Å². The van der Waals surface area contributed by atoms with E-state index in [1.165, 1.54) is 5.56 Å². The Balaban J connectivity index is 1.83. The molecule has 0 aliphatic carbocycles. The molecule has 2 nitrogen and oxygen atoms in total. The fraction of sp³-hybridized carbons (Fsp3) is 0.625. The van der Waals surface area contributed by atoms with Crippen LogP contribution < -0.4 is 4.74 Å². The van der Waals surface area contributed by atoms with Crippen LogP contribution in [0.15, 0.2) is 24.3 Å². The van der Waals surface area contributed by atoms with Crippen LogP contribution in [0.2, 0.25) is 0 Å². The van der Waals surface area contributed by atoms with Gasteiger partial charge in [0.2, 0.25) is 0 Å². The summed E-state index contributed by atoms with van der Waals surface area (Å²) in [5.41, 5.74) is 1.33. The summed E-state index contributed by atoms with van der Waals surface area (Å²) in [4.78, 5) is 0. The van der Waals surface area contributed by atoms with Gasteiger partial charge in [0, 0.05) is 11.5 Å². The largest absolute Gasteiger partial charge is 0.493 e. The molecule has 1 aromatic carbocycles. The maximum absolute atomic E-state index is 10.0. The molecule has 0 bridgehead atoms. The van der Waals surface area contributed by atoms with Crippen molar-refractivity contribution in [1.29, 1.82) is 0 Å². The van der Waals surface area contributed by atoms with Crippen LogP contribution in [-0.4, -0.2) is 17.8 Å². The van der Waals surface area contributed by atoms with Crippen LogP contribution in [0.4, 0.5) is 0 Å². The number of benzene rings is 1. The summed E-state index contributed by atoms with van der Waals surface area (Å²) in [6, 6.07) is 8.29. The average molecular weight is 248 g/mol. The Bertz CT molecular complexity index is 392. The number of aliphatic hydroxyl groups is 1. The van der Waals surface area contributed by atoms with Crippen molar-refractivity contribution >= 4 is 0 Å². The molecule has 0 aromatic heterocycles. The quantitative estimate of drug-likeness (QED) is 0.879. The van der Waals surface area contributed by atoms with Gasteiger partial charge in [-0.1, -0.05) is 45.4 Å². The zero-order valence-corrected chi connectivity index (χ0v) is 11.6. The fourth-order valence-electron chi connectivity index (χ4n) is 2.46. The van der Waals surface area contributed by atoms with Crippen LogP contribution in [0.3, 0.4) is 0 Å². The second-order valence-electron chi connectivity index (χ2n) is 6.36. The van der Waals surface area contributed by atoms with Gasteiger partial charge in [0.05, 0.1) is 12.7 Å². The van der Waals surface area contributed by atoms with E-state index >= 15 is 0 Å². The molecule has 0 spiro atoms. The van der Waals surface area contributed by atoms with Crippen molar-refractivity contribution < 1.29 is 9.84 Å². The Labute approximate surface area is 110 Å². The lowest BCUT2D eigenvalue weighted by Gasteiger charge is -2.26. The number of fused-ring (bicyclic) bond motifs is 1. The summed E-state index contributed by atoms with van der Waals surface area (Å²) < 4.78 is 5.67. The van der Waals surface area contributed by atoms with Crippen LogP contribution in [0.1, 0.15) is 51.5 Å². The molecule has 2 unspecified atom stereocenters. The number of hydrogen-bond donors (Lipinski definition) is 1. The third kappa shape index (κ3) is 3.05.